The molecule has 3 aromatic rings. The maximum absolute atomic E-state index is 16.6. The molecule has 2 aliphatic rings. The maximum Gasteiger partial charge on any atom is 0.415 e. The summed E-state index contributed by atoms with van der Waals surface area (Å²) in [5, 5.41) is 5.94. The van der Waals surface area contributed by atoms with Gasteiger partial charge in [-0.25, -0.2) is 28.7 Å². The second-order valence-electron chi connectivity index (χ2n) is 13.9. The maximum atomic E-state index is 16.6. The fraction of sp³-hybridized carbons (Fsp3) is 0.500. The lowest BCUT2D eigenvalue weighted by Gasteiger charge is -2.32. The summed E-state index contributed by atoms with van der Waals surface area (Å²) >= 11 is 0. The Morgan fingerprint density at radius 3 is 2.34 bits per heavy atom. The smallest absolute Gasteiger partial charge is 0.415 e. The topological polar surface area (TPSA) is 141 Å². The number of rotatable bonds is 4. The van der Waals surface area contributed by atoms with Crippen LogP contribution in [0.5, 0.6) is 5.88 Å². The summed E-state index contributed by atoms with van der Waals surface area (Å²) in [5.74, 6) is -0.116. The highest BCUT2D eigenvalue weighted by molar-refractivity contribution is 6.05. The number of fused-ring (bicyclic) bond motifs is 2. The number of carbonyl (C=O) groups is 3. The van der Waals surface area contributed by atoms with Crippen LogP contribution >= 0.6 is 0 Å². The van der Waals surface area contributed by atoms with Crippen LogP contribution in [-0.2, 0) is 14.2 Å². The van der Waals surface area contributed by atoms with Gasteiger partial charge in [0.25, 0.3) is 0 Å². The van der Waals surface area contributed by atoms with E-state index in [1.807, 2.05) is 6.92 Å². The fourth-order valence-electron chi connectivity index (χ4n) is 5.73. The van der Waals surface area contributed by atoms with E-state index >= 15 is 4.39 Å². The molecule has 5 rings (SSSR count). The van der Waals surface area contributed by atoms with Crippen LogP contribution < -0.4 is 20.3 Å². The molecule has 12 nitrogen and oxygen atoms in total. The van der Waals surface area contributed by atoms with Gasteiger partial charge in [-0.2, -0.15) is 0 Å². The van der Waals surface area contributed by atoms with Crippen molar-refractivity contribution in [1.82, 2.24) is 9.97 Å². The van der Waals surface area contributed by atoms with E-state index in [9.17, 15) is 14.4 Å². The largest absolute Gasteiger partial charge is 0.474 e. The summed E-state index contributed by atoms with van der Waals surface area (Å²) in [6.45, 7) is 14.6. The van der Waals surface area contributed by atoms with Crippen LogP contribution in [0.4, 0.5) is 36.0 Å². The van der Waals surface area contributed by atoms with Gasteiger partial charge in [0.2, 0.25) is 5.88 Å². The number of amides is 3. The number of halogens is 1. The number of pyridine rings is 2. The van der Waals surface area contributed by atoms with Gasteiger partial charge in [-0.1, -0.05) is 6.92 Å². The van der Waals surface area contributed by atoms with Crippen molar-refractivity contribution in [2.24, 2.45) is 5.92 Å². The zero-order valence-electron chi connectivity index (χ0n) is 28.1. The van der Waals surface area contributed by atoms with Crippen LogP contribution in [-0.4, -0.2) is 58.7 Å². The van der Waals surface area contributed by atoms with Gasteiger partial charge in [-0.05, 0) is 96.7 Å². The third-order valence-corrected chi connectivity index (χ3v) is 7.86. The van der Waals surface area contributed by atoms with Crippen LogP contribution in [0.2, 0.25) is 0 Å². The number of anilines is 3. The molecule has 2 aromatic heterocycles. The van der Waals surface area contributed by atoms with Gasteiger partial charge in [0.15, 0.2) is 5.82 Å². The Bertz CT molecular complexity index is 1720. The van der Waals surface area contributed by atoms with Gasteiger partial charge in [-0.15, -0.1) is 0 Å². The highest BCUT2D eigenvalue weighted by Crippen LogP contribution is 2.42. The van der Waals surface area contributed by atoms with E-state index in [2.05, 4.69) is 20.6 Å². The average Bonchev–Trinajstić information content (AvgIpc) is 3.36. The molecule has 1 fully saturated rings. The first-order chi connectivity index (χ1) is 22.0. The molecule has 1 aromatic carbocycles. The number of nitrogens with zero attached hydrogens (tertiary/aromatic N) is 3. The second-order valence-corrected chi connectivity index (χ2v) is 13.9. The normalized spacial score (nSPS) is 17.9. The van der Waals surface area contributed by atoms with Crippen LogP contribution in [0, 0.1) is 18.7 Å². The zero-order valence-corrected chi connectivity index (χ0v) is 28.1. The van der Waals surface area contributed by atoms with Gasteiger partial charge in [-0.3, -0.25) is 15.5 Å². The molecule has 2 N–H and O–H groups in total. The number of hydrogen-bond donors (Lipinski definition) is 2. The first-order valence-corrected chi connectivity index (χ1v) is 15.7. The summed E-state index contributed by atoms with van der Waals surface area (Å²) in [6, 6.07) is 3.13. The fourth-order valence-corrected chi connectivity index (χ4v) is 5.73. The average molecular weight is 652 g/mol. The van der Waals surface area contributed by atoms with Crippen molar-refractivity contribution < 1.29 is 37.7 Å². The Kier molecular flexibility index (Phi) is 9.20. The summed E-state index contributed by atoms with van der Waals surface area (Å²) in [7, 11) is 0. The molecule has 1 saturated carbocycles. The number of benzene rings is 1. The molecule has 1 aliphatic carbocycles. The van der Waals surface area contributed by atoms with E-state index in [1.54, 1.807) is 60.6 Å². The monoisotopic (exact) mass is 651 g/mol. The van der Waals surface area contributed by atoms with Crippen LogP contribution in [0.3, 0.4) is 0 Å². The zero-order chi connectivity index (χ0) is 34.3. The standard InChI is InChI=1S/C34H42FN5O7/c1-18-10-9-11-24(18)45-30(41)38-25-15-20-14-21(26(35)27(23(20)17-36-25)39-31(42)46-33(3,4)5)22-16-37-29-28(19(22)2)40(12-13-44-29)32(43)47-34(6,7)8/h14-18,24H,9-13H2,1-8H3,(H,39,42)(H,36,38,41)/t18-,24-/m0/s1. The van der Waals surface area contributed by atoms with E-state index < -0.39 is 35.3 Å². The quantitative estimate of drug-likeness (QED) is 0.269. The first-order valence-electron chi connectivity index (χ1n) is 15.7. The lowest BCUT2D eigenvalue weighted by Crippen LogP contribution is -2.42. The van der Waals surface area contributed by atoms with E-state index in [4.69, 9.17) is 18.9 Å². The number of ether oxygens (including phenoxy) is 4. The third kappa shape index (κ3) is 7.66. The molecule has 0 radical (unpaired) electrons. The Hall–Kier alpha value is -4.68. The molecule has 0 unspecified atom stereocenters. The minimum Gasteiger partial charge on any atom is -0.474 e. The van der Waals surface area contributed by atoms with Crippen LogP contribution in [0.1, 0.15) is 73.3 Å². The molecular weight excluding hydrogens is 609 g/mol. The van der Waals surface area contributed by atoms with E-state index in [-0.39, 0.29) is 53.5 Å². The van der Waals surface area contributed by atoms with Crippen molar-refractivity contribution in [3.05, 3.63) is 35.9 Å². The Morgan fingerprint density at radius 1 is 0.957 bits per heavy atom. The molecule has 0 bridgehead atoms. The van der Waals surface area contributed by atoms with Gasteiger partial charge in [0.1, 0.15) is 35.4 Å². The predicted molar refractivity (Wildman–Crippen MR) is 176 cm³/mol. The highest BCUT2D eigenvalue weighted by Gasteiger charge is 2.33. The van der Waals surface area contributed by atoms with Crippen molar-refractivity contribution in [2.75, 3.05) is 28.7 Å². The summed E-state index contributed by atoms with van der Waals surface area (Å²) < 4.78 is 39.0. The molecule has 0 spiro atoms. The van der Waals surface area contributed by atoms with Gasteiger partial charge in [0, 0.05) is 28.9 Å². The Morgan fingerprint density at radius 2 is 1.68 bits per heavy atom. The summed E-state index contributed by atoms with van der Waals surface area (Å²) in [4.78, 5) is 49.0. The molecule has 252 valence electrons. The number of carbonyl (C=O) groups excluding carboxylic acids is 3. The van der Waals surface area contributed by atoms with Crippen molar-refractivity contribution in [3.63, 3.8) is 0 Å². The number of nitrogens with one attached hydrogen (secondary N) is 2. The summed E-state index contributed by atoms with van der Waals surface area (Å²) in [6.07, 6.45) is 3.33. The Labute approximate surface area is 273 Å². The molecular formula is C34H42FN5O7. The minimum atomic E-state index is -0.865. The van der Waals surface area contributed by atoms with Crippen LogP contribution in [0.15, 0.2) is 24.5 Å². The van der Waals surface area contributed by atoms with Crippen molar-refractivity contribution in [2.45, 2.75) is 92.0 Å². The molecule has 47 heavy (non-hydrogen) atoms. The first kappa shape index (κ1) is 33.7. The van der Waals surface area contributed by atoms with E-state index in [0.717, 1.165) is 19.3 Å². The molecule has 1 aliphatic heterocycles. The predicted octanol–water partition coefficient (Wildman–Crippen LogP) is 7.96. The highest BCUT2D eigenvalue weighted by atomic mass is 19.1. The second kappa shape index (κ2) is 12.8. The molecule has 13 heteroatoms. The number of aromatic nitrogens is 2. The van der Waals surface area contributed by atoms with E-state index in [1.165, 1.54) is 17.3 Å². The van der Waals surface area contributed by atoms with E-state index in [0.29, 0.717) is 22.2 Å². The lowest BCUT2D eigenvalue weighted by molar-refractivity contribution is 0.0564. The van der Waals surface area contributed by atoms with Crippen molar-refractivity contribution >= 4 is 46.2 Å². The number of hydrogen-bond acceptors (Lipinski definition) is 9. The molecule has 3 amide bonds. The lowest BCUT2D eigenvalue weighted by atomic mass is 9.96. The third-order valence-electron chi connectivity index (χ3n) is 7.86. The Balaban J connectivity index is 1.59. The van der Waals surface area contributed by atoms with Gasteiger partial charge in [0.05, 0.1) is 12.2 Å². The SMILES string of the molecule is Cc1c(-c2cc3cc(NC(=O)O[C@H]4CCC[C@@H]4C)ncc3c(NC(=O)OC(C)(C)C)c2F)cnc2c1N(C(=O)OC(C)(C)C)CCO2. The summed E-state index contributed by atoms with van der Waals surface area (Å²) in [5.41, 5.74) is -0.492. The molecule has 3 heterocycles. The van der Waals surface area contributed by atoms with Gasteiger partial charge >= 0.3 is 18.3 Å². The molecule has 0 saturated heterocycles. The minimum absolute atomic E-state index is 0.0746. The van der Waals surface area contributed by atoms with Crippen LogP contribution in [0.25, 0.3) is 21.9 Å². The van der Waals surface area contributed by atoms with Crippen molar-refractivity contribution in [1.29, 1.82) is 0 Å². The van der Waals surface area contributed by atoms with Gasteiger partial charge < -0.3 is 18.9 Å². The van der Waals surface area contributed by atoms with Crippen molar-refractivity contribution in [3.8, 4) is 17.0 Å². The molecule has 2 atom stereocenters.